The van der Waals surface area contributed by atoms with E-state index in [1.54, 1.807) is 0 Å². The minimum atomic E-state index is 0.859. The number of hydrogen-bond acceptors (Lipinski definition) is 0. The van der Waals surface area contributed by atoms with Crippen molar-refractivity contribution < 1.29 is 0 Å². The van der Waals surface area contributed by atoms with Crippen LogP contribution >= 0.6 is 24.5 Å². The van der Waals surface area contributed by atoms with Gasteiger partial charge in [0.15, 0.2) is 0 Å². The quantitative estimate of drug-likeness (QED) is 0.553. The van der Waals surface area contributed by atoms with Gasteiger partial charge in [0, 0.05) is 4.47 Å². The van der Waals surface area contributed by atoms with E-state index in [-0.39, 0.29) is 0 Å². The van der Waals surface area contributed by atoms with Crippen LogP contribution in [0.15, 0.2) is 28.7 Å². The van der Waals surface area contributed by atoms with Gasteiger partial charge in [0.05, 0.1) is 0 Å². The van der Waals surface area contributed by atoms with E-state index in [1.165, 1.54) is 28.8 Å². The molecule has 1 aromatic rings. The molecule has 0 spiro atoms. The fourth-order valence-corrected chi connectivity index (χ4v) is 2.79. The second-order valence-corrected chi connectivity index (χ2v) is 6.30. The first-order valence-corrected chi connectivity index (χ1v) is 7.34. The highest BCUT2D eigenvalue weighted by atomic mass is 79.9. The molecule has 1 aromatic carbocycles. The van der Waals surface area contributed by atoms with E-state index >= 15 is 0 Å². The summed E-state index contributed by atoms with van der Waals surface area (Å²) in [5.74, 6) is 0.859. The summed E-state index contributed by atoms with van der Waals surface area (Å²) in [4.78, 5) is 0. The third-order valence-electron chi connectivity index (χ3n) is 2.06. The molecule has 0 aromatic heterocycles. The van der Waals surface area contributed by atoms with Crippen molar-refractivity contribution in [2.45, 2.75) is 20.3 Å². The van der Waals surface area contributed by atoms with Gasteiger partial charge in [-0.2, -0.15) is 0 Å². The van der Waals surface area contributed by atoms with Gasteiger partial charge >= 0.3 is 0 Å². The van der Waals surface area contributed by atoms with E-state index in [9.17, 15) is 0 Å². The maximum Gasteiger partial charge on any atom is 0.0175 e. The lowest BCUT2D eigenvalue weighted by Gasteiger charge is -2.04. The lowest BCUT2D eigenvalue weighted by molar-refractivity contribution is 0.747. The van der Waals surface area contributed by atoms with Crippen molar-refractivity contribution in [2.75, 3.05) is 12.3 Å². The fourth-order valence-electron chi connectivity index (χ4n) is 1.27. The van der Waals surface area contributed by atoms with Gasteiger partial charge in [-0.3, -0.25) is 0 Å². The molecule has 1 unspecified atom stereocenters. The molecule has 78 valence electrons. The number of aryl methyl sites for hydroxylation is 1. The normalized spacial score (nSPS) is 11.7. The molecule has 0 N–H and O–H groups in total. The van der Waals surface area contributed by atoms with E-state index < -0.39 is 0 Å². The molecule has 0 fully saturated rings. The van der Waals surface area contributed by atoms with Crippen molar-refractivity contribution in [3.05, 3.63) is 34.3 Å². The first-order valence-electron chi connectivity index (χ1n) is 5.13. The summed E-state index contributed by atoms with van der Waals surface area (Å²) in [6.07, 6.45) is 3.97. The molecule has 0 radical (unpaired) electrons. The zero-order valence-electron chi connectivity index (χ0n) is 8.89. The molecule has 0 bridgehead atoms. The minimum Gasteiger partial charge on any atom is -0.122 e. The van der Waals surface area contributed by atoms with E-state index in [2.05, 4.69) is 54.0 Å². The number of rotatable bonds is 5. The summed E-state index contributed by atoms with van der Waals surface area (Å²) in [7, 11) is 1.12. The summed E-state index contributed by atoms with van der Waals surface area (Å²) in [5.41, 5.74) is 1.46. The fraction of sp³-hybridized carbons (Fsp3) is 0.500. The maximum absolute atomic E-state index is 3.45. The SMILES string of the molecule is CC(C)CPCCc1ccc(Br)cc1. The zero-order chi connectivity index (χ0) is 10.4. The molecular weight excluding hydrogens is 255 g/mol. The molecule has 0 aliphatic rings. The lowest BCUT2D eigenvalue weighted by Crippen LogP contribution is -1.92. The molecule has 0 aliphatic carbocycles. The van der Waals surface area contributed by atoms with Crippen LogP contribution in [0.4, 0.5) is 0 Å². The Morgan fingerprint density at radius 1 is 1.21 bits per heavy atom. The van der Waals surface area contributed by atoms with Crippen molar-refractivity contribution in [1.29, 1.82) is 0 Å². The predicted molar refractivity (Wildman–Crippen MR) is 70.7 cm³/mol. The molecular formula is C12H18BrP. The monoisotopic (exact) mass is 272 g/mol. The summed E-state index contributed by atoms with van der Waals surface area (Å²) < 4.78 is 1.17. The largest absolute Gasteiger partial charge is 0.122 e. The molecule has 2 heteroatoms. The van der Waals surface area contributed by atoms with Crippen LogP contribution in [0.5, 0.6) is 0 Å². The maximum atomic E-state index is 3.45. The van der Waals surface area contributed by atoms with Gasteiger partial charge in [-0.05, 0) is 42.4 Å². The van der Waals surface area contributed by atoms with Crippen molar-refractivity contribution in [3.63, 3.8) is 0 Å². The van der Waals surface area contributed by atoms with Gasteiger partial charge in [-0.15, -0.1) is 8.58 Å². The lowest BCUT2D eigenvalue weighted by atomic mass is 10.2. The second-order valence-electron chi connectivity index (χ2n) is 3.97. The Bertz CT molecular complexity index is 254. The molecule has 14 heavy (non-hydrogen) atoms. The molecule has 0 nitrogen and oxygen atoms in total. The van der Waals surface area contributed by atoms with Crippen molar-refractivity contribution in [2.24, 2.45) is 5.92 Å². The number of benzene rings is 1. The Hall–Kier alpha value is 0.130. The Labute approximate surface area is 97.4 Å². The molecule has 0 amide bonds. The highest BCUT2D eigenvalue weighted by Gasteiger charge is 1.95. The molecule has 0 aliphatic heterocycles. The number of hydrogen-bond donors (Lipinski definition) is 0. The van der Waals surface area contributed by atoms with E-state index in [0.717, 1.165) is 14.5 Å². The van der Waals surface area contributed by atoms with Gasteiger partial charge in [0.2, 0.25) is 0 Å². The van der Waals surface area contributed by atoms with E-state index in [4.69, 9.17) is 0 Å². The van der Waals surface area contributed by atoms with Gasteiger partial charge in [-0.1, -0.05) is 41.9 Å². The van der Waals surface area contributed by atoms with Crippen LogP contribution in [0.25, 0.3) is 0 Å². The van der Waals surface area contributed by atoms with Crippen LogP contribution in [0, 0.1) is 5.92 Å². The summed E-state index contributed by atoms with van der Waals surface area (Å²) in [6, 6.07) is 8.68. The van der Waals surface area contributed by atoms with Gasteiger partial charge in [0.25, 0.3) is 0 Å². The van der Waals surface area contributed by atoms with Crippen molar-refractivity contribution in [1.82, 2.24) is 0 Å². The van der Waals surface area contributed by atoms with Gasteiger partial charge in [0.1, 0.15) is 0 Å². The summed E-state index contributed by atoms with van der Waals surface area (Å²) >= 11 is 3.45. The topological polar surface area (TPSA) is 0 Å². The highest BCUT2D eigenvalue weighted by molar-refractivity contribution is 9.10. The average Bonchev–Trinajstić information content (AvgIpc) is 2.15. The highest BCUT2D eigenvalue weighted by Crippen LogP contribution is 2.18. The zero-order valence-corrected chi connectivity index (χ0v) is 11.5. The van der Waals surface area contributed by atoms with Crippen LogP contribution in [0.3, 0.4) is 0 Å². The number of halogens is 1. The summed E-state index contributed by atoms with van der Waals surface area (Å²) in [5, 5.41) is 0. The summed E-state index contributed by atoms with van der Waals surface area (Å²) in [6.45, 7) is 4.60. The van der Waals surface area contributed by atoms with E-state index in [1.807, 2.05) is 0 Å². The van der Waals surface area contributed by atoms with Crippen LogP contribution in [0.1, 0.15) is 19.4 Å². The Balaban J connectivity index is 2.21. The third kappa shape index (κ3) is 5.12. The average molecular weight is 273 g/mol. The third-order valence-corrected chi connectivity index (χ3v) is 4.29. The van der Waals surface area contributed by atoms with Gasteiger partial charge in [-0.25, -0.2) is 0 Å². The molecule has 0 heterocycles. The van der Waals surface area contributed by atoms with Gasteiger partial charge < -0.3 is 0 Å². The second kappa shape index (κ2) is 6.58. The van der Waals surface area contributed by atoms with Crippen LogP contribution in [-0.4, -0.2) is 12.3 Å². The first-order chi connectivity index (χ1) is 6.68. The smallest absolute Gasteiger partial charge is 0.0175 e. The molecule has 0 saturated heterocycles. The molecule has 1 atom stereocenters. The minimum absolute atomic E-state index is 0.859. The van der Waals surface area contributed by atoms with Crippen molar-refractivity contribution in [3.8, 4) is 0 Å². The van der Waals surface area contributed by atoms with Crippen molar-refractivity contribution >= 4 is 24.5 Å². The van der Waals surface area contributed by atoms with Crippen LogP contribution in [-0.2, 0) is 6.42 Å². The Kier molecular flexibility index (Phi) is 5.74. The molecule has 1 rings (SSSR count). The first kappa shape index (κ1) is 12.2. The standard InChI is InChI=1S/C12H18BrP/c1-10(2)9-14-8-7-11-3-5-12(13)6-4-11/h3-6,10,14H,7-9H2,1-2H3. The van der Waals surface area contributed by atoms with Crippen LogP contribution < -0.4 is 0 Å². The molecule has 0 saturated carbocycles. The Morgan fingerprint density at radius 2 is 1.86 bits per heavy atom. The Morgan fingerprint density at radius 3 is 2.43 bits per heavy atom. The van der Waals surface area contributed by atoms with E-state index in [0.29, 0.717) is 0 Å². The van der Waals surface area contributed by atoms with Crippen LogP contribution in [0.2, 0.25) is 0 Å². The predicted octanol–water partition coefficient (Wildman–Crippen LogP) is 4.33.